The Hall–Kier alpha value is -2.12. The van der Waals surface area contributed by atoms with Crippen molar-refractivity contribution in [3.8, 4) is 0 Å². The first-order valence-electron chi connectivity index (χ1n) is 9.16. The predicted molar refractivity (Wildman–Crippen MR) is 108 cm³/mol. The van der Waals surface area contributed by atoms with Crippen molar-refractivity contribution in [1.82, 2.24) is 15.3 Å². The standard InChI is InChI=1S/C20H26N4O2S/c1-14-11-18(24(2)3)23-20(22-14)27-13-15-6-8-16(9-7-15)19(25)21-12-17-5-4-10-26-17/h6-9,11,17H,4-5,10,12-13H2,1-3H3,(H,21,25). The van der Waals surface area contributed by atoms with Gasteiger partial charge in [-0.15, -0.1) is 0 Å². The van der Waals surface area contributed by atoms with E-state index in [0.717, 1.165) is 47.4 Å². The lowest BCUT2D eigenvalue weighted by molar-refractivity contribution is 0.0858. The first kappa shape index (κ1) is 19.6. The molecule has 0 spiro atoms. The Labute approximate surface area is 164 Å². The molecule has 27 heavy (non-hydrogen) atoms. The van der Waals surface area contributed by atoms with Gasteiger partial charge in [-0.2, -0.15) is 0 Å². The molecule has 144 valence electrons. The summed E-state index contributed by atoms with van der Waals surface area (Å²) in [7, 11) is 3.94. The molecule has 1 aromatic heterocycles. The SMILES string of the molecule is Cc1cc(N(C)C)nc(SCc2ccc(C(=O)NCC3CCCO3)cc2)n1. The summed E-state index contributed by atoms with van der Waals surface area (Å²) in [6.07, 6.45) is 2.26. The Morgan fingerprint density at radius 1 is 1.30 bits per heavy atom. The van der Waals surface area contributed by atoms with Gasteiger partial charge in [-0.05, 0) is 37.5 Å². The van der Waals surface area contributed by atoms with Gasteiger partial charge in [0.05, 0.1) is 6.10 Å². The van der Waals surface area contributed by atoms with Crippen molar-refractivity contribution in [3.05, 3.63) is 47.2 Å². The number of aromatic nitrogens is 2. The van der Waals surface area contributed by atoms with Crippen molar-refractivity contribution in [2.45, 2.75) is 36.8 Å². The maximum atomic E-state index is 12.2. The molecule has 1 saturated heterocycles. The van der Waals surface area contributed by atoms with Crippen LogP contribution in [0, 0.1) is 6.92 Å². The molecule has 2 aromatic rings. The van der Waals surface area contributed by atoms with Crippen molar-refractivity contribution < 1.29 is 9.53 Å². The topological polar surface area (TPSA) is 67.4 Å². The summed E-state index contributed by atoms with van der Waals surface area (Å²) in [4.78, 5) is 23.3. The zero-order chi connectivity index (χ0) is 19.2. The third-order valence-electron chi connectivity index (χ3n) is 4.38. The number of aryl methyl sites for hydroxylation is 1. The number of ether oxygens (including phenoxy) is 1. The second-order valence-corrected chi connectivity index (χ2v) is 7.82. The molecule has 7 heteroatoms. The van der Waals surface area contributed by atoms with E-state index in [4.69, 9.17) is 4.74 Å². The Kier molecular flexibility index (Phi) is 6.68. The largest absolute Gasteiger partial charge is 0.376 e. The Bertz CT molecular complexity index is 774. The number of nitrogens with zero attached hydrogens (tertiary/aromatic N) is 3. The van der Waals surface area contributed by atoms with Gasteiger partial charge in [0, 0.05) is 50.3 Å². The summed E-state index contributed by atoms with van der Waals surface area (Å²) in [6.45, 7) is 3.35. The minimum atomic E-state index is -0.0534. The molecule has 2 heterocycles. The van der Waals surface area contributed by atoms with Crippen LogP contribution in [0.4, 0.5) is 5.82 Å². The molecule has 1 aliphatic heterocycles. The van der Waals surface area contributed by atoms with E-state index in [9.17, 15) is 4.79 Å². The first-order chi connectivity index (χ1) is 13.0. The van der Waals surface area contributed by atoms with Gasteiger partial charge in [0.1, 0.15) is 5.82 Å². The van der Waals surface area contributed by atoms with Crippen LogP contribution in [0.3, 0.4) is 0 Å². The maximum Gasteiger partial charge on any atom is 0.251 e. The molecule has 0 bridgehead atoms. The van der Waals surface area contributed by atoms with Crippen LogP contribution >= 0.6 is 11.8 Å². The summed E-state index contributed by atoms with van der Waals surface area (Å²) >= 11 is 1.59. The predicted octanol–water partition coefficient (Wildman–Crippen LogP) is 3.05. The molecule has 0 aliphatic carbocycles. The molecule has 0 radical (unpaired) electrons. The van der Waals surface area contributed by atoms with E-state index in [-0.39, 0.29) is 12.0 Å². The van der Waals surface area contributed by atoms with Crippen LogP contribution in [-0.2, 0) is 10.5 Å². The van der Waals surface area contributed by atoms with Crippen LogP contribution in [0.5, 0.6) is 0 Å². The number of rotatable bonds is 7. The van der Waals surface area contributed by atoms with Crippen molar-refractivity contribution in [1.29, 1.82) is 0 Å². The van der Waals surface area contributed by atoms with Gasteiger partial charge < -0.3 is 15.0 Å². The Morgan fingerprint density at radius 3 is 2.74 bits per heavy atom. The van der Waals surface area contributed by atoms with E-state index >= 15 is 0 Å². The molecule has 1 N–H and O–H groups in total. The lowest BCUT2D eigenvalue weighted by Gasteiger charge is -2.13. The number of hydrogen-bond acceptors (Lipinski definition) is 6. The molecule has 1 aromatic carbocycles. The molecule has 6 nitrogen and oxygen atoms in total. The average molecular weight is 387 g/mol. The van der Waals surface area contributed by atoms with Gasteiger partial charge in [-0.3, -0.25) is 4.79 Å². The summed E-state index contributed by atoms with van der Waals surface area (Å²) < 4.78 is 5.53. The third kappa shape index (κ3) is 5.68. The molecule has 3 rings (SSSR count). The second-order valence-electron chi connectivity index (χ2n) is 6.88. The summed E-state index contributed by atoms with van der Waals surface area (Å²) in [5, 5.41) is 3.71. The van der Waals surface area contributed by atoms with Crippen LogP contribution in [0.2, 0.25) is 0 Å². The van der Waals surface area contributed by atoms with Gasteiger partial charge in [0.25, 0.3) is 5.91 Å². The Balaban J connectivity index is 1.53. The smallest absolute Gasteiger partial charge is 0.251 e. The molecule has 1 fully saturated rings. The van der Waals surface area contributed by atoms with Crippen molar-refractivity contribution in [2.24, 2.45) is 0 Å². The number of hydrogen-bond donors (Lipinski definition) is 1. The number of benzene rings is 1. The molecule has 1 aliphatic rings. The molecule has 1 atom stereocenters. The fourth-order valence-corrected chi connectivity index (χ4v) is 3.69. The van der Waals surface area contributed by atoms with E-state index in [1.807, 2.05) is 56.3 Å². The van der Waals surface area contributed by atoms with E-state index in [1.165, 1.54) is 0 Å². The fourth-order valence-electron chi connectivity index (χ4n) is 2.83. The van der Waals surface area contributed by atoms with Gasteiger partial charge in [-0.25, -0.2) is 9.97 Å². The van der Waals surface area contributed by atoms with Crippen LogP contribution in [0.25, 0.3) is 0 Å². The number of carbonyl (C=O) groups excluding carboxylic acids is 1. The van der Waals surface area contributed by atoms with Crippen molar-refractivity contribution >= 4 is 23.5 Å². The number of nitrogens with one attached hydrogen (secondary N) is 1. The van der Waals surface area contributed by atoms with Gasteiger partial charge in [-0.1, -0.05) is 23.9 Å². The van der Waals surface area contributed by atoms with Gasteiger partial charge in [0.2, 0.25) is 0 Å². The van der Waals surface area contributed by atoms with Crippen LogP contribution in [0.1, 0.15) is 34.5 Å². The van der Waals surface area contributed by atoms with Crippen LogP contribution in [0.15, 0.2) is 35.5 Å². The molecular weight excluding hydrogens is 360 g/mol. The zero-order valence-electron chi connectivity index (χ0n) is 16.1. The van der Waals surface area contributed by atoms with Crippen LogP contribution < -0.4 is 10.2 Å². The summed E-state index contributed by atoms with van der Waals surface area (Å²) in [6, 6.07) is 9.66. The van der Waals surface area contributed by atoms with E-state index < -0.39 is 0 Å². The summed E-state index contributed by atoms with van der Waals surface area (Å²) in [5.74, 6) is 1.61. The van der Waals surface area contributed by atoms with Gasteiger partial charge >= 0.3 is 0 Å². The monoisotopic (exact) mass is 386 g/mol. The first-order valence-corrected chi connectivity index (χ1v) is 10.1. The summed E-state index contributed by atoms with van der Waals surface area (Å²) in [5.41, 5.74) is 2.75. The van der Waals surface area contributed by atoms with E-state index in [1.54, 1.807) is 11.8 Å². The average Bonchev–Trinajstić information content (AvgIpc) is 3.18. The third-order valence-corrected chi connectivity index (χ3v) is 5.30. The highest BCUT2D eigenvalue weighted by molar-refractivity contribution is 7.98. The minimum absolute atomic E-state index is 0.0534. The lowest BCUT2D eigenvalue weighted by atomic mass is 10.1. The number of amides is 1. The zero-order valence-corrected chi connectivity index (χ0v) is 16.9. The number of carbonyl (C=O) groups is 1. The molecular formula is C20H26N4O2S. The molecule has 1 unspecified atom stereocenters. The number of thioether (sulfide) groups is 1. The van der Waals surface area contributed by atoms with Crippen molar-refractivity contribution in [3.63, 3.8) is 0 Å². The molecule has 0 saturated carbocycles. The highest BCUT2D eigenvalue weighted by Gasteiger charge is 2.16. The van der Waals surface area contributed by atoms with E-state index in [2.05, 4.69) is 15.3 Å². The van der Waals surface area contributed by atoms with E-state index in [0.29, 0.717) is 12.1 Å². The van der Waals surface area contributed by atoms with Crippen LogP contribution in [-0.4, -0.2) is 49.2 Å². The highest BCUT2D eigenvalue weighted by Crippen LogP contribution is 2.22. The normalized spacial score (nSPS) is 16.3. The quantitative estimate of drug-likeness (QED) is 0.583. The van der Waals surface area contributed by atoms with Crippen molar-refractivity contribution in [2.75, 3.05) is 32.1 Å². The number of anilines is 1. The minimum Gasteiger partial charge on any atom is -0.376 e. The molecule has 1 amide bonds. The fraction of sp³-hybridized carbons (Fsp3) is 0.450. The second kappa shape index (κ2) is 9.19. The lowest BCUT2D eigenvalue weighted by Crippen LogP contribution is -2.31. The highest BCUT2D eigenvalue weighted by atomic mass is 32.2. The Morgan fingerprint density at radius 2 is 2.07 bits per heavy atom. The maximum absolute atomic E-state index is 12.2. The van der Waals surface area contributed by atoms with Gasteiger partial charge in [0.15, 0.2) is 5.16 Å².